The standard InChI is InChI=1S/C32H21ClN2/c33-29-19-28(34-32(35-29)25-5-2-1-3-6-25)21-11-9-20(10-12-21)26-17-15-24-14-13-22-7-4-8-23-16-18-27(26)31(24)30(22)23/h1-13,15-19,30H,14H2. The maximum atomic E-state index is 6.37. The van der Waals surface area contributed by atoms with Crippen molar-refractivity contribution in [2.45, 2.75) is 12.3 Å². The summed E-state index contributed by atoms with van der Waals surface area (Å²) < 4.78 is 0. The lowest BCUT2D eigenvalue weighted by Crippen LogP contribution is -2.17. The number of rotatable bonds is 3. The van der Waals surface area contributed by atoms with E-state index in [0.29, 0.717) is 16.9 Å². The molecule has 0 amide bonds. The third-order valence-corrected chi connectivity index (χ3v) is 7.32. The number of benzene rings is 3. The van der Waals surface area contributed by atoms with Crippen LogP contribution < -0.4 is 0 Å². The quantitative estimate of drug-likeness (QED) is 0.283. The number of halogens is 1. The Bertz CT molecular complexity index is 1610. The topological polar surface area (TPSA) is 25.8 Å². The number of nitrogens with zero attached hydrogens (tertiary/aromatic N) is 2. The zero-order valence-electron chi connectivity index (χ0n) is 18.9. The van der Waals surface area contributed by atoms with Gasteiger partial charge in [0.2, 0.25) is 0 Å². The second-order valence-corrected chi connectivity index (χ2v) is 9.53. The van der Waals surface area contributed by atoms with Crippen LogP contribution in [0.25, 0.3) is 39.8 Å². The van der Waals surface area contributed by atoms with Gasteiger partial charge in [0.15, 0.2) is 5.82 Å². The van der Waals surface area contributed by atoms with E-state index in [9.17, 15) is 0 Å². The predicted octanol–water partition coefficient (Wildman–Crippen LogP) is 8.22. The largest absolute Gasteiger partial charge is 0.228 e. The first kappa shape index (κ1) is 20.4. The van der Waals surface area contributed by atoms with E-state index in [2.05, 4.69) is 77.8 Å². The monoisotopic (exact) mass is 468 g/mol. The second-order valence-electron chi connectivity index (χ2n) is 9.14. The Hall–Kier alpha value is -4.01. The minimum absolute atomic E-state index is 0.363. The lowest BCUT2D eigenvalue weighted by molar-refractivity contribution is 0.893. The van der Waals surface area contributed by atoms with Gasteiger partial charge in [-0.25, -0.2) is 9.97 Å². The molecule has 0 aliphatic heterocycles. The number of hydrogen-bond donors (Lipinski definition) is 0. The highest BCUT2D eigenvalue weighted by Crippen LogP contribution is 2.48. The molecule has 0 N–H and O–H groups in total. The third-order valence-electron chi connectivity index (χ3n) is 7.13. The summed E-state index contributed by atoms with van der Waals surface area (Å²) in [6.45, 7) is 0. The molecule has 1 heterocycles. The smallest absolute Gasteiger partial charge is 0.161 e. The average molecular weight is 469 g/mol. The van der Waals surface area contributed by atoms with Crippen molar-refractivity contribution in [1.82, 2.24) is 9.97 Å². The van der Waals surface area contributed by atoms with Gasteiger partial charge in [-0.15, -0.1) is 0 Å². The maximum Gasteiger partial charge on any atom is 0.161 e. The van der Waals surface area contributed by atoms with Crippen LogP contribution in [0.1, 0.15) is 22.6 Å². The van der Waals surface area contributed by atoms with Gasteiger partial charge >= 0.3 is 0 Å². The zero-order chi connectivity index (χ0) is 23.4. The molecule has 3 aromatic carbocycles. The fraction of sp³-hybridized carbons (Fsp3) is 0.0625. The lowest BCUT2D eigenvalue weighted by atomic mass is 9.70. The Labute approximate surface area is 209 Å². The molecule has 3 aliphatic rings. The fourth-order valence-corrected chi connectivity index (χ4v) is 5.65. The van der Waals surface area contributed by atoms with E-state index in [1.54, 1.807) is 0 Å². The second kappa shape index (κ2) is 8.04. The van der Waals surface area contributed by atoms with Crippen molar-refractivity contribution in [3.8, 4) is 33.8 Å². The van der Waals surface area contributed by atoms with Crippen LogP contribution in [0.3, 0.4) is 0 Å². The van der Waals surface area contributed by atoms with Crippen molar-refractivity contribution < 1.29 is 0 Å². The summed E-state index contributed by atoms with van der Waals surface area (Å²) in [6, 6.07) is 25.0. The summed E-state index contributed by atoms with van der Waals surface area (Å²) in [7, 11) is 0. The summed E-state index contributed by atoms with van der Waals surface area (Å²) in [5.41, 5.74) is 12.3. The fourth-order valence-electron chi connectivity index (χ4n) is 5.47. The van der Waals surface area contributed by atoms with Gasteiger partial charge in [-0.05, 0) is 45.4 Å². The van der Waals surface area contributed by atoms with E-state index in [-0.39, 0.29) is 0 Å². The molecule has 7 rings (SSSR count). The van der Waals surface area contributed by atoms with Gasteiger partial charge in [0, 0.05) is 23.1 Å². The van der Waals surface area contributed by atoms with Gasteiger partial charge in [-0.2, -0.15) is 0 Å². The van der Waals surface area contributed by atoms with Crippen LogP contribution in [0.5, 0.6) is 0 Å². The van der Waals surface area contributed by atoms with Gasteiger partial charge in [-0.1, -0.05) is 115 Å². The number of allylic oxidation sites excluding steroid dienone is 7. The SMILES string of the molecule is Clc1cc(-c2ccc(-c3ccc4c5c3C=CC3=CC=CC(=CC4)C35)cc2)nc(-c2ccccc2)n1. The first-order valence-corrected chi connectivity index (χ1v) is 12.3. The molecular weight excluding hydrogens is 448 g/mol. The van der Waals surface area contributed by atoms with Crippen LogP contribution >= 0.6 is 11.6 Å². The molecule has 0 saturated carbocycles. The van der Waals surface area contributed by atoms with Gasteiger partial charge in [0.1, 0.15) is 5.15 Å². The van der Waals surface area contributed by atoms with Crippen LogP contribution in [0.4, 0.5) is 0 Å². The maximum absolute atomic E-state index is 6.37. The zero-order valence-corrected chi connectivity index (χ0v) is 19.7. The molecule has 1 atom stereocenters. The summed E-state index contributed by atoms with van der Waals surface area (Å²) >= 11 is 6.37. The first-order chi connectivity index (χ1) is 17.2. The molecule has 3 heteroatoms. The predicted molar refractivity (Wildman–Crippen MR) is 144 cm³/mol. The van der Waals surface area contributed by atoms with E-state index in [0.717, 1.165) is 23.2 Å². The summed E-state index contributed by atoms with van der Waals surface area (Å²) in [5.74, 6) is 0.998. The molecule has 1 aromatic heterocycles. The van der Waals surface area contributed by atoms with E-state index in [1.165, 1.54) is 39.0 Å². The first-order valence-electron chi connectivity index (χ1n) is 11.9. The molecule has 1 unspecified atom stereocenters. The Morgan fingerprint density at radius 2 is 1.57 bits per heavy atom. The van der Waals surface area contributed by atoms with Crippen LogP contribution in [-0.4, -0.2) is 9.97 Å². The molecule has 2 nitrogen and oxygen atoms in total. The van der Waals surface area contributed by atoms with E-state index < -0.39 is 0 Å². The number of aromatic nitrogens is 2. The summed E-state index contributed by atoms with van der Waals surface area (Å²) in [4.78, 5) is 9.22. The average Bonchev–Trinajstić information content (AvgIpc) is 2.92. The third kappa shape index (κ3) is 3.41. The highest BCUT2D eigenvalue weighted by Gasteiger charge is 2.31. The summed E-state index contributed by atoms with van der Waals surface area (Å²) in [5, 5.41) is 0.441. The molecule has 0 bridgehead atoms. The minimum Gasteiger partial charge on any atom is -0.228 e. The molecule has 0 saturated heterocycles. The normalized spacial score (nSPS) is 17.0. The van der Waals surface area contributed by atoms with E-state index >= 15 is 0 Å². The van der Waals surface area contributed by atoms with Crippen LogP contribution in [0, 0.1) is 0 Å². The van der Waals surface area contributed by atoms with Crippen LogP contribution in [0.2, 0.25) is 5.15 Å². The van der Waals surface area contributed by atoms with Crippen LogP contribution in [-0.2, 0) is 6.42 Å². The highest BCUT2D eigenvalue weighted by molar-refractivity contribution is 6.29. The number of hydrogen-bond acceptors (Lipinski definition) is 2. The molecular formula is C32H21ClN2. The molecule has 0 fully saturated rings. The highest BCUT2D eigenvalue weighted by atomic mass is 35.5. The molecule has 35 heavy (non-hydrogen) atoms. The van der Waals surface area contributed by atoms with Crippen molar-refractivity contribution in [3.63, 3.8) is 0 Å². The Morgan fingerprint density at radius 3 is 2.43 bits per heavy atom. The molecule has 166 valence electrons. The van der Waals surface area contributed by atoms with Gasteiger partial charge < -0.3 is 0 Å². The Balaban J connectivity index is 1.28. The molecule has 3 aliphatic carbocycles. The van der Waals surface area contributed by atoms with Crippen LogP contribution in [0.15, 0.2) is 114 Å². The lowest BCUT2D eigenvalue weighted by Gasteiger charge is -2.34. The molecule has 4 aromatic rings. The Morgan fingerprint density at radius 1 is 0.743 bits per heavy atom. The van der Waals surface area contributed by atoms with Crippen molar-refractivity contribution in [1.29, 1.82) is 0 Å². The minimum atomic E-state index is 0.363. The van der Waals surface area contributed by atoms with E-state index in [1.807, 2.05) is 36.4 Å². The van der Waals surface area contributed by atoms with E-state index in [4.69, 9.17) is 16.6 Å². The van der Waals surface area contributed by atoms with Gasteiger partial charge in [0.25, 0.3) is 0 Å². The Kier molecular flexibility index (Phi) is 4.68. The van der Waals surface area contributed by atoms with Gasteiger partial charge in [-0.3, -0.25) is 0 Å². The van der Waals surface area contributed by atoms with Crippen molar-refractivity contribution >= 4 is 17.7 Å². The molecule has 0 radical (unpaired) electrons. The van der Waals surface area contributed by atoms with Crippen molar-refractivity contribution in [2.24, 2.45) is 0 Å². The summed E-state index contributed by atoms with van der Waals surface area (Å²) in [6.07, 6.45) is 14.6. The molecule has 0 spiro atoms. The van der Waals surface area contributed by atoms with Gasteiger partial charge in [0.05, 0.1) is 5.69 Å². The van der Waals surface area contributed by atoms with Crippen molar-refractivity contribution in [3.05, 3.63) is 136 Å². The van der Waals surface area contributed by atoms with Crippen molar-refractivity contribution in [2.75, 3.05) is 0 Å².